The molecule has 0 atom stereocenters. The number of hydrogen-bond acceptors (Lipinski definition) is 3. The predicted molar refractivity (Wildman–Crippen MR) is 49.0 cm³/mol. The van der Waals surface area contributed by atoms with Gasteiger partial charge in [0.2, 0.25) is 0 Å². The number of phenolic OH excluding ortho intramolecular Hbond substituents is 2. The zero-order chi connectivity index (χ0) is 9.56. The predicted octanol–water partition coefficient (Wildman–Crippen LogP) is 1.64. The summed E-state index contributed by atoms with van der Waals surface area (Å²) in [6.07, 6.45) is 0. The van der Waals surface area contributed by atoms with Crippen LogP contribution < -0.4 is 5.73 Å². The van der Waals surface area contributed by atoms with Crippen molar-refractivity contribution >= 4 is 5.69 Å². The van der Waals surface area contributed by atoms with Crippen molar-refractivity contribution in [2.75, 3.05) is 5.73 Å². The van der Waals surface area contributed by atoms with Crippen LogP contribution in [0.5, 0.6) is 11.5 Å². The number of aromatic hydroxyl groups is 2. The Morgan fingerprint density at radius 1 is 1.25 bits per heavy atom. The maximum absolute atomic E-state index is 8.81. The Morgan fingerprint density at radius 2 is 1.75 bits per heavy atom. The lowest BCUT2D eigenvalue weighted by Crippen LogP contribution is -1.83. The largest absolute Gasteiger partial charge is 0.508 e. The van der Waals surface area contributed by atoms with E-state index in [1.807, 2.05) is 0 Å². The highest BCUT2D eigenvalue weighted by atomic mass is 16.3. The second kappa shape index (κ2) is 4.88. The molecule has 0 unspecified atom stereocenters. The molecule has 0 aliphatic heterocycles. The molecule has 64 valence electrons. The van der Waals surface area contributed by atoms with Crippen LogP contribution in [0.1, 0.15) is 0 Å². The molecule has 12 heavy (non-hydrogen) atoms. The fourth-order valence-corrected chi connectivity index (χ4v) is 0.542. The normalized spacial score (nSPS) is 7.67. The summed E-state index contributed by atoms with van der Waals surface area (Å²) in [5.41, 5.74) is 7.65. The van der Waals surface area contributed by atoms with Crippen LogP contribution in [-0.2, 0) is 0 Å². The van der Waals surface area contributed by atoms with Gasteiger partial charge in [0.05, 0.1) is 5.69 Å². The van der Waals surface area contributed by atoms with Gasteiger partial charge >= 0.3 is 0 Å². The summed E-state index contributed by atoms with van der Waals surface area (Å²) < 4.78 is 0. The second-order valence-corrected chi connectivity index (χ2v) is 1.99. The van der Waals surface area contributed by atoms with Crippen LogP contribution >= 0.6 is 0 Å². The molecule has 0 saturated heterocycles. The first-order valence-corrected chi connectivity index (χ1v) is 3.18. The topological polar surface area (TPSA) is 66.5 Å². The maximum atomic E-state index is 8.81. The number of benzene rings is 1. The molecular formula is C9H11NO2. The van der Waals surface area contributed by atoms with Crippen LogP contribution in [0.3, 0.4) is 0 Å². The first kappa shape index (κ1) is 10.1. The molecule has 0 fully saturated rings. The van der Waals surface area contributed by atoms with Crippen molar-refractivity contribution in [3.8, 4) is 11.5 Å². The van der Waals surface area contributed by atoms with Crippen LogP contribution in [0, 0.1) is 0 Å². The number of nitrogen functional groups attached to an aromatic ring is 1. The quantitative estimate of drug-likeness (QED) is 0.237. The third-order valence-corrected chi connectivity index (χ3v) is 1.01. The van der Waals surface area contributed by atoms with Crippen LogP contribution in [0.25, 0.3) is 0 Å². The maximum Gasteiger partial charge on any atom is 0.138 e. The summed E-state index contributed by atoms with van der Waals surface area (Å²) >= 11 is 0. The Balaban J connectivity index is 0.000000354. The molecule has 1 aromatic carbocycles. The van der Waals surface area contributed by atoms with Gasteiger partial charge in [-0.15, -0.1) is 5.73 Å². The summed E-state index contributed by atoms with van der Waals surface area (Å²) in [4.78, 5) is 0. The summed E-state index contributed by atoms with van der Waals surface area (Å²) in [5.74, 6) is 0.0538. The SMILES string of the molecule is C=C=C.Nc1cc(O)ccc1O. The van der Waals surface area contributed by atoms with Crippen LogP contribution in [-0.4, -0.2) is 10.2 Å². The van der Waals surface area contributed by atoms with Crippen molar-refractivity contribution in [2.45, 2.75) is 0 Å². The van der Waals surface area contributed by atoms with Crippen molar-refractivity contribution in [1.29, 1.82) is 0 Å². The lowest BCUT2D eigenvalue weighted by molar-refractivity contribution is 0.462. The minimum absolute atomic E-state index is 0.00667. The zero-order valence-electron chi connectivity index (χ0n) is 6.62. The molecule has 0 spiro atoms. The van der Waals surface area contributed by atoms with Gasteiger partial charge in [0.25, 0.3) is 0 Å². The van der Waals surface area contributed by atoms with Gasteiger partial charge < -0.3 is 15.9 Å². The zero-order valence-corrected chi connectivity index (χ0v) is 6.62. The van der Waals surface area contributed by atoms with Crippen LogP contribution in [0.2, 0.25) is 0 Å². The molecule has 4 N–H and O–H groups in total. The van der Waals surface area contributed by atoms with Crippen molar-refractivity contribution < 1.29 is 10.2 Å². The Morgan fingerprint density at radius 3 is 2.08 bits per heavy atom. The number of nitrogens with two attached hydrogens (primary N) is 1. The molecule has 0 aliphatic carbocycles. The minimum Gasteiger partial charge on any atom is -0.508 e. The molecule has 0 radical (unpaired) electrons. The van der Waals surface area contributed by atoms with E-state index in [9.17, 15) is 0 Å². The van der Waals surface area contributed by atoms with E-state index in [4.69, 9.17) is 15.9 Å². The third kappa shape index (κ3) is 3.34. The molecule has 0 heterocycles. The fourth-order valence-electron chi connectivity index (χ4n) is 0.542. The van der Waals surface area contributed by atoms with E-state index in [-0.39, 0.29) is 17.2 Å². The molecule has 3 heteroatoms. The number of rotatable bonds is 0. The molecule has 0 amide bonds. The van der Waals surface area contributed by atoms with E-state index in [0.29, 0.717) is 0 Å². The van der Waals surface area contributed by atoms with Gasteiger partial charge in [0.1, 0.15) is 11.5 Å². The molecule has 0 aliphatic rings. The van der Waals surface area contributed by atoms with Crippen molar-refractivity contribution in [1.82, 2.24) is 0 Å². The van der Waals surface area contributed by atoms with E-state index >= 15 is 0 Å². The molecule has 0 bridgehead atoms. The molecule has 0 aromatic heterocycles. The van der Waals surface area contributed by atoms with Gasteiger partial charge in [-0.1, -0.05) is 13.2 Å². The first-order chi connectivity index (χ1) is 5.61. The second-order valence-electron chi connectivity index (χ2n) is 1.99. The Labute approximate surface area is 71.1 Å². The Kier molecular flexibility index (Phi) is 4.12. The minimum atomic E-state index is -0.00667. The van der Waals surface area contributed by atoms with Gasteiger partial charge in [-0.3, -0.25) is 0 Å². The molecule has 1 rings (SSSR count). The average Bonchev–Trinajstić information content (AvgIpc) is 1.99. The summed E-state index contributed by atoms with van der Waals surface area (Å²) in [5, 5.41) is 17.6. The van der Waals surface area contributed by atoms with Gasteiger partial charge in [0.15, 0.2) is 0 Å². The molecule has 1 aromatic rings. The third-order valence-electron chi connectivity index (χ3n) is 1.01. The lowest BCUT2D eigenvalue weighted by atomic mass is 10.3. The summed E-state index contributed by atoms with van der Waals surface area (Å²) in [7, 11) is 0. The van der Waals surface area contributed by atoms with Crippen LogP contribution in [0.15, 0.2) is 37.1 Å². The molecule has 0 saturated carbocycles. The average molecular weight is 165 g/mol. The fraction of sp³-hybridized carbons (Fsp3) is 0. The smallest absolute Gasteiger partial charge is 0.138 e. The van der Waals surface area contributed by atoms with E-state index in [2.05, 4.69) is 18.9 Å². The highest BCUT2D eigenvalue weighted by Crippen LogP contribution is 2.23. The van der Waals surface area contributed by atoms with Crippen molar-refractivity contribution in [3.63, 3.8) is 0 Å². The number of phenols is 2. The highest BCUT2D eigenvalue weighted by molar-refractivity contribution is 5.54. The van der Waals surface area contributed by atoms with E-state index in [1.165, 1.54) is 18.2 Å². The van der Waals surface area contributed by atoms with Gasteiger partial charge in [-0.25, -0.2) is 0 Å². The van der Waals surface area contributed by atoms with E-state index in [1.54, 1.807) is 0 Å². The van der Waals surface area contributed by atoms with Gasteiger partial charge in [-0.2, -0.15) is 0 Å². The molecule has 3 nitrogen and oxygen atoms in total. The standard InChI is InChI=1S/C6H7NO2.C3H4/c7-5-3-4(8)1-2-6(5)9;1-3-2/h1-3,8-9H,7H2;1-2H2. The van der Waals surface area contributed by atoms with Crippen LogP contribution in [0.4, 0.5) is 5.69 Å². The number of anilines is 1. The highest BCUT2D eigenvalue weighted by Gasteiger charge is 1.94. The Hall–Kier alpha value is -1.86. The summed E-state index contributed by atoms with van der Waals surface area (Å²) in [6, 6.07) is 3.99. The van der Waals surface area contributed by atoms with E-state index in [0.717, 1.165) is 0 Å². The summed E-state index contributed by atoms with van der Waals surface area (Å²) in [6.45, 7) is 6.25. The Bertz CT molecular complexity index is 289. The van der Waals surface area contributed by atoms with Gasteiger partial charge in [-0.05, 0) is 12.1 Å². The van der Waals surface area contributed by atoms with Gasteiger partial charge in [0, 0.05) is 6.07 Å². The monoisotopic (exact) mass is 165 g/mol. The molecular weight excluding hydrogens is 154 g/mol. The lowest BCUT2D eigenvalue weighted by Gasteiger charge is -1.96. The van der Waals surface area contributed by atoms with Crippen molar-refractivity contribution in [3.05, 3.63) is 37.1 Å². The number of hydrogen-bond donors (Lipinski definition) is 3. The first-order valence-electron chi connectivity index (χ1n) is 3.18. The van der Waals surface area contributed by atoms with Crippen molar-refractivity contribution in [2.24, 2.45) is 0 Å². The van der Waals surface area contributed by atoms with E-state index < -0.39 is 0 Å².